The molecule has 0 aliphatic carbocycles. The summed E-state index contributed by atoms with van der Waals surface area (Å²) in [6, 6.07) is 0. The third-order valence-corrected chi connectivity index (χ3v) is 2.33. The van der Waals surface area contributed by atoms with E-state index in [4.69, 9.17) is 0 Å². The molecular formula is C9H10N2O3S. The van der Waals surface area contributed by atoms with Crippen molar-refractivity contribution in [1.82, 2.24) is 4.98 Å². The molecule has 0 unspecified atom stereocenters. The largest absolute Gasteiger partial charge is 0.469 e. The van der Waals surface area contributed by atoms with Crippen molar-refractivity contribution >= 4 is 28.3 Å². The molecule has 0 spiro atoms. The van der Waals surface area contributed by atoms with E-state index in [9.17, 15) is 9.59 Å². The minimum absolute atomic E-state index is 0.108. The minimum atomic E-state index is -0.359. The van der Waals surface area contributed by atoms with E-state index in [0.29, 0.717) is 10.8 Å². The lowest BCUT2D eigenvalue weighted by Crippen LogP contribution is -2.08. The zero-order valence-corrected chi connectivity index (χ0v) is 8.97. The van der Waals surface area contributed by atoms with Gasteiger partial charge in [-0.25, -0.2) is 4.98 Å². The number of carbonyl (C=O) groups excluding carboxylic acids is 2. The van der Waals surface area contributed by atoms with Gasteiger partial charge in [-0.05, 0) is 6.08 Å². The van der Waals surface area contributed by atoms with Gasteiger partial charge in [0.25, 0.3) is 0 Å². The first kappa shape index (κ1) is 11.4. The molecule has 1 rings (SSSR count). The maximum atomic E-state index is 10.9. The lowest BCUT2D eigenvalue weighted by molar-refractivity contribution is -0.139. The average molecular weight is 226 g/mol. The van der Waals surface area contributed by atoms with Gasteiger partial charge in [0, 0.05) is 5.38 Å². The van der Waals surface area contributed by atoms with E-state index >= 15 is 0 Å². The number of hydrogen-bond donors (Lipinski definition) is 1. The van der Waals surface area contributed by atoms with E-state index in [2.05, 4.69) is 21.6 Å². The van der Waals surface area contributed by atoms with Crippen molar-refractivity contribution < 1.29 is 14.3 Å². The van der Waals surface area contributed by atoms with Crippen molar-refractivity contribution in [2.24, 2.45) is 0 Å². The highest BCUT2D eigenvalue weighted by Gasteiger charge is 2.08. The highest BCUT2D eigenvalue weighted by Crippen LogP contribution is 2.15. The number of nitrogens with one attached hydrogen (secondary N) is 1. The highest BCUT2D eigenvalue weighted by molar-refractivity contribution is 7.14. The molecule has 1 heterocycles. The molecule has 0 radical (unpaired) electrons. The van der Waals surface area contributed by atoms with Gasteiger partial charge in [-0.1, -0.05) is 6.58 Å². The van der Waals surface area contributed by atoms with Crippen LogP contribution in [0.3, 0.4) is 0 Å². The van der Waals surface area contributed by atoms with Gasteiger partial charge in [-0.2, -0.15) is 0 Å². The number of thiazole rings is 1. The van der Waals surface area contributed by atoms with Gasteiger partial charge in [0.15, 0.2) is 5.13 Å². The van der Waals surface area contributed by atoms with Crippen LogP contribution in [0.2, 0.25) is 0 Å². The van der Waals surface area contributed by atoms with E-state index in [1.54, 1.807) is 5.38 Å². The molecule has 1 N–H and O–H groups in total. The molecule has 0 aliphatic rings. The molecule has 5 nitrogen and oxygen atoms in total. The first-order valence-corrected chi connectivity index (χ1v) is 4.98. The zero-order valence-electron chi connectivity index (χ0n) is 8.15. The molecule has 6 heteroatoms. The van der Waals surface area contributed by atoms with Crippen LogP contribution in [0.15, 0.2) is 18.0 Å². The number of methoxy groups -OCH3 is 1. The zero-order chi connectivity index (χ0) is 11.3. The second kappa shape index (κ2) is 5.26. The predicted octanol–water partition coefficient (Wildman–Crippen LogP) is 0.983. The molecule has 0 aromatic carbocycles. The van der Waals surface area contributed by atoms with Crippen molar-refractivity contribution in [3.8, 4) is 0 Å². The Labute approximate surface area is 90.8 Å². The first-order valence-electron chi connectivity index (χ1n) is 4.10. The fourth-order valence-electron chi connectivity index (χ4n) is 0.822. The summed E-state index contributed by atoms with van der Waals surface area (Å²) in [6.45, 7) is 3.32. The monoisotopic (exact) mass is 226 g/mol. The smallest absolute Gasteiger partial charge is 0.311 e. The highest BCUT2D eigenvalue weighted by atomic mass is 32.1. The predicted molar refractivity (Wildman–Crippen MR) is 56.7 cm³/mol. The Bertz CT molecular complexity index is 386. The second-order valence-electron chi connectivity index (χ2n) is 2.59. The number of rotatable bonds is 4. The van der Waals surface area contributed by atoms with E-state index in [1.807, 2.05) is 0 Å². The number of hydrogen-bond acceptors (Lipinski definition) is 5. The van der Waals surface area contributed by atoms with E-state index in [1.165, 1.54) is 18.4 Å². The molecule has 1 aromatic heterocycles. The van der Waals surface area contributed by atoms with Crippen LogP contribution in [-0.2, 0) is 20.7 Å². The van der Waals surface area contributed by atoms with Gasteiger partial charge in [-0.15, -0.1) is 11.3 Å². The Balaban J connectivity index is 2.60. The molecule has 0 bridgehead atoms. The van der Waals surface area contributed by atoms with Crippen LogP contribution in [0.1, 0.15) is 5.69 Å². The van der Waals surface area contributed by atoms with E-state index < -0.39 is 0 Å². The molecule has 1 aromatic rings. The molecule has 0 aliphatic heterocycles. The number of anilines is 1. The minimum Gasteiger partial charge on any atom is -0.469 e. The van der Waals surface area contributed by atoms with Crippen LogP contribution in [0, 0.1) is 0 Å². The SMILES string of the molecule is C=CC(=O)Nc1nc(CC(=O)OC)cs1. The number of esters is 1. The second-order valence-corrected chi connectivity index (χ2v) is 3.45. The van der Waals surface area contributed by atoms with E-state index in [0.717, 1.165) is 6.08 Å². The summed E-state index contributed by atoms with van der Waals surface area (Å²) in [7, 11) is 1.31. The summed E-state index contributed by atoms with van der Waals surface area (Å²) >= 11 is 1.25. The van der Waals surface area contributed by atoms with Crippen LogP contribution < -0.4 is 5.32 Å². The van der Waals surface area contributed by atoms with E-state index in [-0.39, 0.29) is 18.3 Å². The van der Waals surface area contributed by atoms with Crippen LogP contribution in [-0.4, -0.2) is 24.0 Å². The number of nitrogens with zero attached hydrogens (tertiary/aromatic N) is 1. The topological polar surface area (TPSA) is 68.3 Å². The summed E-state index contributed by atoms with van der Waals surface area (Å²) in [5.74, 6) is -0.684. The van der Waals surface area contributed by atoms with Crippen LogP contribution in [0.4, 0.5) is 5.13 Å². The molecule has 80 valence electrons. The van der Waals surface area contributed by atoms with Gasteiger partial charge in [0.1, 0.15) is 0 Å². The quantitative estimate of drug-likeness (QED) is 0.614. The number of aromatic nitrogens is 1. The summed E-state index contributed by atoms with van der Waals surface area (Å²) in [5, 5.41) is 4.63. The Morgan fingerprint density at radius 2 is 2.47 bits per heavy atom. The first-order chi connectivity index (χ1) is 7.15. The van der Waals surface area contributed by atoms with Crippen molar-refractivity contribution in [2.45, 2.75) is 6.42 Å². The lowest BCUT2D eigenvalue weighted by Gasteiger charge is -1.95. The van der Waals surface area contributed by atoms with Gasteiger partial charge in [0.05, 0.1) is 19.2 Å². The standard InChI is InChI=1S/C9H10N2O3S/c1-3-7(12)11-9-10-6(5-15-9)4-8(13)14-2/h3,5H,1,4H2,2H3,(H,10,11,12). The van der Waals surface area contributed by atoms with Crippen molar-refractivity contribution in [3.05, 3.63) is 23.7 Å². The molecule has 0 fully saturated rings. The van der Waals surface area contributed by atoms with Gasteiger partial charge >= 0.3 is 5.97 Å². The van der Waals surface area contributed by atoms with Crippen molar-refractivity contribution in [1.29, 1.82) is 0 Å². The normalized spacial score (nSPS) is 9.40. The maximum Gasteiger partial charge on any atom is 0.311 e. The summed E-state index contributed by atoms with van der Waals surface area (Å²) < 4.78 is 4.49. The fourth-order valence-corrected chi connectivity index (χ4v) is 1.54. The molecule has 15 heavy (non-hydrogen) atoms. The Kier molecular flexibility index (Phi) is 3.99. The number of amides is 1. The maximum absolute atomic E-state index is 10.9. The average Bonchev–Trinajstić information content (AvgIpc) is 2.65. The molecule has 0 saturated carbocycles. The molecule has 1 amide bonds. The summed E-state index contributed by atoms with van der Waals surface area (Å²) in [4.78, 5) is 25.8. The fraction of sp³-hybridized carbons (Fsp3) is 0.222. The Morgan fingerprint density at radius 1 is 1.73 bits per heavy atom. The van der Waals surface area contributed by atoms with Gasteiger partial charge in [-0.3, -0.25) is 14.9 Å². The Hall–Kier alpha value is -1.69. The van der Waals surface area contributed by atoms with Gasteiger partial charge in [0.2, 0.25) is 5.91 Å². The lowest BCUT2D eigenvalue weighted by atomic mass is 10.3. The molecular weight excluding hydrogens is 216 g/mol. The summed E-state index contributed by atoms with van der Waals surface area (Å²) in [5.41, 5.74) is 0.575. The summed E-state index contributed by atoms with van der Waals surface area (Å²) in [6.07, 6.45) is 1.26. The van der Waals surface area contributed by atoms with Crippen LogP contribution in [0.25, 0.3) is 0 Å². The van der Waals surface area contributed by atoms with Crippen LogP contribution in [0.5, 0.6) is 0 Å². The van der Waals surface area contributed by atoms with Gasteiger partial charge < -0.3 is 4.74 Å². The molecule has 0 saturated heterocycles. The third-order valence-electron chi connectivity index (χ3n) is 1.52. The Morgan fingerprint density at radius 3 is 3.07 bits per heavy atom. The number of carbonyl (C=O) groups is 2. The van der Waals surface area contributed by atoms with Crippen molar-refractivity contribution in [2.75, 3.05) is 12.4 Å². The van der Waals surface area contributed by atoms with Crippen molar-refractivity contribution in [3.63, 3.8) is 0 Å². The molecule has 0 atom stereocenters. The van der Waals surface area contributed by atoms with Crippen LogP contribution >= 0.6 is 11.3 Å². The third kappa shape index (κ3) is 3.51. The number of ether oxygens (including phenoxy) is 1.